The lowest BCUT2D eigenvalue weighted by atomic mass is 9.49. The van der Waals surface area contributed by atoms with Crippen LogP contribution in [0.5, 0.6) is 0 Å². The van der Waals surface area contributed by atoms with Crippen molar-refractivity contribution in [2.24, 2.45) is 18.4 Å². The third kappa shape index (κ3) is 5.34. The van der Waals surface area contributed by atoms with Crippen molar-refractivity contribution in [3.63, 3.8) is 0 Å². The van der Waals surface area contributed by atoms with E-state index in [0.29, 0.717) is 12.8 Å². The molecule has 6 nitrogen and oxygen atoms in total. The number of hydrogen-bond acceptors (Lipinski definition) is 4. The van der Waals surface area contributed by atoms with E-state index < -0.39 is 10.8 Å². The molecule has 1 heterocycles. The summed E-state index contributed by atoms with van der Waals surface area (Å²) in [5, 5.41) is 12.4. The maximum atomic E-state index is 14.4. The summed E-state index contributed by atoms with van der Waals surface area (Å²) in [6.45, 7) is 10.2. The van der Waals surface area contributed by atoms with E-state index in [0.717, 1.165) is 40.9 Å². The predicted molar refractivity (Wildman–Crippen MR) is 168 cm³/mol. The lowest BCUT2D eigenvalue weighted by molar-refractivity contribution is -0.131. The summed E-state index contributed by atoms with van der Waals surface area (Å²) < 4.78 is 7.74. The van der Waals surface area contributed by atoms with Gasteiger partial charge < -0.3 is 10.0 Å². The zero-order valence-corrected chi connectivity index (χ0v) is 24.8. The van der Waals surface area contributed by atoms with Gasteiger partial charge in [-0.3, -0.25) is 4.68 Å². The molecule has 0 bridgehead atoms. The van der Waals surface area contributed by atoms with Gasteiger partial charge >= 0.3 is 0 Å². The molecule has 0 aliphatic heterocycles. The molecule has 0 fully saturated rings. The number of hydroxylamine groups is 1. The Hall–Kier alpha value is -4.31. The largest absolute Gasteiger partial charge is 0.317 e. The van der Waals surface area contributed by atoms with E-state index in [4.69, 9.17) is 18.2 Å². The minimum Gasteiger partial charge on any atom is -0.317 e. The second-order valence-corrected chi connectivity index (χ2v) is 11.2. The second-order valence-electron chi connectivity index (χ2n) is 11.2. The van der Waals surface area contributed by atoms with Gasteiger partial charge in [0.05, 0.1) is 18.0 Å². The molecule has 2 atom stereocenters. The molecule has 3 aromatic carbocycles. The van der Waals surface area contributed by atoms with E-state index in [1.165, 1.54) is 20.0 Å². The lowest BCUT2D eigenvalue weighted by Crippen LogP contribution is -2.55. The van der Waals surface area contributed by atoms with Crippen LogP contribution in [-0.4, -0.2) is 27.8 Å². The molecule has 0 radical (unpaired) electrons. The molecule has 2 aliphatic rings. The Bertz CT molecular complexity index is 1550. The predicted octanol–water partition coefficient (Wildman–Crippen LogP) is 7.00. The van der Waals surface area contributed by atoms with Gasteiger partial charge in [-0.25, -0.2) is 10.3 Å². The van der Waals surface area contributed by atoms with Gasteiger partial charge in [0, 0.05) is 37.4 Å². The first kappa shape index (κ1) is 29.2. The number of aromatic nitrogens is 2. The first-order chi connectivity index (χ1) is 20.9. The number of Topliss-reactive ketones (excluding diaryl/α,β-unsaturated/α-hetero) is 1. The summed E-state index contributed by atoms with van der Waals surface area (Å²) in [7, 11) is 4.69. The van der Waals surface area contributed by atoms with Crippen LogP contribution in [0.3, 0.4) is 0 Å². The van der Waals surface area contributed by atoms with Crippen LogP contribution >= 0.6 is 0 Å². The monoisotopic (exact) mass is 562 g/mol. The fourth-order valence-electron chi connectivity index (χ4n) is 7.20. The van der Waals surface area contributed by atoms with Crippen molar-refractivity contribution in [1.82, 2.24) is 15.3 Å². The van der Waals surface area contributed by atoms with Crippen LogP contribution in [0.1, 0.15) is 44.5 Å². The van der Waals surface area contributed by atoms with E-state index >= 15 is 0 Å². The Morgan fingerprint density at radius 1 is 1.02 bits per heavy atom. The van der Waals surface area contributed by atoms with Crippen molar-refractivity contribution in [3.05, 3.63) is 137 Å². The first-order valence-electron chi connectivity index (χ1n) is 15.0. The van der Waals surface area contributed by atoms with Gasteiger partial charge in [-0.2, -0.15) is 5.10 Å². The zero-order valence-electron chi connectivity index (χ0n) is 25.8. The van der Waals surface area contributed by atoms with E-state index in [2.05, 4.69) is 60.3 Å². The van der Waals surface area contributed by atoms with Crippen LogP contribution in [0.25, 0.3) is 16.1 Å². The third-order valence-corrected chi connectivity index (χ3v) is 8.74. The molecule has 0 amide bonds. The van der Waals surface area contributed by atoms with Gasteiger partial charge in [0.25, 0.3) is 0 Å². The molecular formula is C36H40N4O2. The summed E-state index contributed by atoms with van der Waals surface area (Å²) in [6, 6.07) is 31.0. The summed E-state index contributed by atoms with van der Waals surface area (Å²) in [5.74, 6) is -0.00946. The van der Waals surface area contributed by atoms with E-state index in [1.54, 1.807) is 5.48 Å². The number of hydrogen-bond donors (Lipinski definition) is 2. The van der Waals surface area contributed by atoms with Gasteiger partial charge in [-0.15, -0.1) is 0 Å². The number of allylic oxidation sites excluding steroid dienone is 2. The Balaban J connectivity index is 0.000000798. The normalized spacial score (nSPS) is 20.2. The van der Waals surface area contributed by atoms with Crippen molar-refractivity contribution in [1.29, 1.82) is 0 Å². The minimum absolute atomic E-state index is 0.0134. The van der Waals surface area contributed by atoms with E-state index in [-0.39, 0.29) is 17.4 Å². The summed E-state index contributed by atoms with van der Waals surface area (Å²) >= 11 is 0. The fourth-order valence-corrected chi connectivity index (χ4v) is 7.20. The van der Waals surface area contributed by atoms with Crippen molar-refractivity contribution in [2.45, 2.75) is 45.4 Å². The number of nitrogens with zero attached hydrogens (tertiary/aromatic N) is 3. The minimum atomic E-state index is -0.742. The standard InChI is InChI=1S/C34H31N3O.CH5NO.CH4/c1-33-23-28(35-2)32(38)34(21-24-13-7-4-8-14-24,22-25-15-9-5-10-16-25)29(33)20-19-27-30(37(3)36-31(27)33)26-17-11-6-12-18-26;1-2-3;/h4-18,23,29H,19-22H2,1,3H3;2-3H,1H3;1H4/t29-,33+;;/m1../s1/i;;1T. The number of carbonyl (C=O) groups is 1. The van der Waals surface area contributed by atoms with Crippen LogP contribution in [0.2, 0.25) is 0 Å². The highest BCUT2D eigenvalue weighted by atomic mass is 16.5. The number of aryl methyl sites for hydroxylation is 1. The molecule has 0 spiro atoms. The zero-order chi connectivity index (χ0) is 31.0. The maximum absolute atomic E-state index is 14.4. The van der Waals surface area contributed by atoms with Crippen LogP contribution < -0.4 is 5.48 Å². The van der Waals surface area contributed by atoms with Crippen LogP contribution in [-0.2, 0) is 36.5 Å². The van der Waals surface area contributed by atoms with Crippen LogP contribution in [0.4, 0.5) is 0 Å². The molecule has 1 aromatic heterocycles. The van der Waals surface area contributed by atoms with Crippen molar-refractivity contribution >= 4 is 5.78 Å². The molecule has 0 saturated heterocycles. The summed E-state index contributed by atoms with van der Waals surface area (Å²) in [4.78, 5) is 18.2. The number of carbonyl (C=O) groups excluding carboxylic acids is 1. The molecule has 6 heteroatoms. The fraction of sp³-hybridized carbons (Fsp3) is 0.306. The molecule has 4 aromatic rings. The van der Waals surface area contributed by atoms with Crippen molar-refractivity contribution in [3.8, 4) is 11.3 Å². The first-order valence-corrected chi connectivity index (χ1v) is 14.0. The Morgan fingerprint density at radius 2 is 1.52 bits per heavy atom. The smallest absolute Gasteiger partial charge is 0.226 e. The average molecular weight is 563 g/mol. The summed E-state index contributed by atoms with van der Waals surface area (Å²) in [5.41, 5.74) is 7.50. The highest BCUT2D eigenvalue weighted by Gasteiger charge is 2.59. The number of nitrogens with one attached hydrogen (secondary N) is 1. The summed E-state index contributed by atoms with van der Waals surface area (Å²) in [6.07, 6.45) is 4.86. The second kappa shape index (κ2) is 12.7. The Labute approximate surface area is 250 Å². The average Bonchev–Trinajstić information content (AvgIpc) is 3.39. The molecule has 216 valence electrons. The van der Waals surface area contributed by atoms with Gasteiger partial charge in [-0.1, -0.05) is 111 Å². The molecular weight excluding hydrogens is 520 g/mol. The van der Waals surface area contributed by atoms with E-state index in [9.17, 15) is 4.79 Å². The number of fused-ring (bicyclic) bond motifs is 3. The van der Waals surface area contributed by atoms with Gasteiger partial charge in [0.2, 0.25) is 5.70 Å². The highest BCUT2D eigenvalue weighted by molar-refractivity contribution is 6.03. The van der Waals surface area contributed by atoms with Gasteiger partial charge in [-0.05, 0) is 42.7 Å². The van der Waals surface area contributed by atoms with Crippen LogP contribution in [0.15, 0.2) is 103 Å². The molecule has 0 unspecified atom stereocenters. The molecule has 2 aliphatic carbocycles. The lowest BCUT2D eigenvalue weighted by Gasteiger charge is -2.53. The number of ketones is 1. The Morgan fingerprint density at radius 3 is 2.02 bits per heavy atom. The van der Waals surface area contributed by atoms with Gasteiger partial charge in [0.15, 0.2) is 5.78 Å². The van der Waals surface area contributed by atoms with Crippen molar-refractivity contribution < 1.29 is 11.4 Å². The number of rotatable bonds is 5. The SMILES string of the molecule is CNO.[3H]C.[C-]#[N+]C1=C[C@]2(C)c3nn(C)c(-c4ccccc4)c3CC[C@H]2C(Cc2ccccc2)(Cc2ccccc2)C1=O. The molecule has 0 saturated carbocycles. The third-order valence-electron chi connectivity index (χ3n) is 8.74. The topological polar surface area (TPSA) is 71.5 Å². The van der Waals surface area contributed by atoms with Crippen molar-refractivity contribution in [2.75, 3.05) is 7.05 Å². The number of benzene rings is 3. The highest BCUT2D eigenvalue weighted by Crippen LogP contribution is 2.58. The van der Waals surface area contributed by atoms with Gasteiger partial charge in [0.1, 0.15) is 0 Å². The molecule has 6 rings (SSSR count). The van der Waals surface area contributed by atoms with Crippen LogP contribution in [0, 0.1) is 17.9 Å². The quantitative estimate of drug-likeness (QED) is 0.203. The Kier molecular flexibility index (Phi) is 8.82. The molecule has 42 heavy (non-hydrogen) atoms. The van der Waals surface area contributed by atoms with E-state index in [1.807, 2.05) is 60.3 Å². The maximum Gasteiger partial charge on any atom is 0.226 e. The molecule has 2 N–H and O–H groups in total.